The van der Waals surface area contributed by atoms with Gasteiger partial charge < -0.3 is 20.1 Å². The van der Waals surface area contributed by atoms with Gasteiger partial charge >= 0.3 is 0 Å². The largest absolute Gasteiger partial charge is 0.381 e. The van der Waals surface area contributed by atoms with Gasteiger partial charge in [0.1, 0.15) is 0 Å². The number of ether oxygens (including phenoxy) is 2. The van der Waals surface area contributed by atoms with E-state index < -0.39 is 0 Å². The maximum absolute atomic E-state index is 5.71. The molecule has 22 heavy (non-hydrogen) atoms. The number of nitrogens with one attached hydrogen (secondary N) is 2. The molecule has 1 aromatic heterocycles. The molecule has 0 amide bonds. The van der Waals surface area contributed by atoms with Crippen molar-refractivity contribution in [2.24, 2.45) is 4.99 Å². The molecule has 1 saturated heterocycles. The van der Waals surface area contributed by atoms with Gasteiger partial charge in [-0.05, 0) is 17.9 Å². The summed E-state index contributed by atoms with van der Waals surface area (Å²) in [4.78, 5) is 5.65. The number of hydrogen-bond donors (Lipinski definition) is 2. The van der Waals surface area contributed by atoms with Crippen molar-refractivity contribution in [2.45, 2.75) is 24.9 Å². The number of methoxy groups -OCH3 is 1. The molecule has 0 spiro atoms. The minimum Gasteiger partial charge on any atom is -0.381 e. The lowest BCUT2D eigenvalue weighted by molar-refractivity contribution is -0.0855. The highest BCUT2D eigenvalue weighted by Gasteiger charge is 2.32. The van der Waals surface area contributed by atoms with Crippen LogP contribution in [0.2, 0.25) is 0 Å². The molecule has 1 aliphatic rings. The highest BCUT2D eigenvalue weighted by atomic mass is 127. The molecule has 1 aliphatic heterocycles. The fourth-order valence-corrected chi connectivity index (χ4v) is 3.13. The van der Waals surface area contributed by atoms with Gasteiger partial charge in [-0.2, -0.15) is 0 Å². The third kappa shape index (κ3) is 6.02. The van der Waals surface area contributed by atoms with Crippen LogP contribution >= 0.6 is 35.3 Å². The molecule has 1 fully saturated rings. The Morgan fingerprint density at radius 3 is 2.77 bits per heavy atom. The van der Waals surface area contributed by atoms with E-state index in [9.17, 15) is 0 Å². The highest BCUT2D eigenvalue weighted by molar-refractivity contribution is 14.0. The topological polar surface area (TPSA) is 54.9 Å². The normalized spacial score (nSPS) is 17.6. The molecular formula is C15H26IN3O2S. The van der Waals surface area contributed by atoms with E-state index in [4.69, 9.17) is 9.47 Å². The van der Waals surface area contributed by atoms with Crippen LogP contribution in [0.15, 0.2) is 22.5 Å². The van der Waals surface area contributed by atoms with Crippen molar-refractivity contribution in [1.82, 2.24) is 10.6 Å². The molecule has 5 nitrogen and oxygen atoms in total. The van der Waals surface area contributed by atoms with Gasteiger partial charge in [-0.3, -0.25) is 4.99 Å². The lowest BCUT2D eigenvalue weighted by atomic mass is 9.94. The van der Waals surface area contributed by atoms with Gasteiger partial charge in [-0.25, -0.2) is 0 Å². The Labute approximate surface area is 153 Å². The second-order valence-electron chi connectivity index (χ2n) is 5.18. The summed E-state index contributed by atoms with van der Waals surface area (Å²) in [5.41, 5.74) is -0.135. The van der Waals surface area contributed by atoms with Gasteiger partial charge in [-0.1, -0.05) is 6.07 Å². The molecule has 2 N–H and O–H groups in total. The van der Waals surface area contributed by atoms with Crippen LogP contribution in [-0.2, 0) is 15.9 Å². The zero-order valence-corrected chi connectivity index (χ0v) is 16.4. The standard InChI is InChI=1S/C15H25N3O2S.HI/c1-16-14(17-8-5-13-4-3-11-21-13)18-12-15(19-2)6-9-20-10-7-15;/h3-4,11H,5-10,12H2,1-2H3,(H2,16,17,18);1H. The van der Waals surface area contributed by atoms with Crippen LogP contribution in [-0.4, -0.2) is 52.0 Å². The van der Waals surface area contributed by atoms with E-state index in [1.165, 1.54) is 4.88 Å². The van der Waals surface area contributed by atoms with E-state index in [0.29, 0.717) is 0 Å². The Bertz CT molecular complexity index is 434. The number of guanidine groups is 1. The third-order valence-electron chi connectivity index (χ3n) is 3.88. The van der Waals surface area contributed by atoms with Gasteiger partial charge in [0, 0.05) is 58.2 Å². The Morgan fingerprint density at radius 1 is 1.41 bits per heavy atom. The summed E-state index contributed by atoms with van der Waals surface area (Å²) in [5.74, 6) is 0.828. The van der Waals surface area contributed by atoms with Crippen molar-refractivity contribution in [1.29, 1.82) is 0 Å². The molecule has 2 rings (SSSR count). The monoisotopic (exact) mass is 439 g/mol. The van der Waals surface area contributed by atoms with Crippen molar-refractivity contribution >= 4 is 41.3 Å². The number of thiophene rings is 1. The van der Waals surface area contributed by atoms with E-state index in [-0.39, 0.29) is 29.6 Å². The Balaban J connectivity index is 0.00000242. The fraction of sp³-hybridized carbons (Fsp3) is 0.667. The first kappa shape index (κ1) is 19.7. The molecule has 7 heteroatoms. The van der Waals surface area contributed by atoms with Crippen molar-refractivity contribution in [2.75, 3.05) is 40.5 Å². The lowest BCUT2D eigenvalue weighted by Crippen LogP contribution is -2.51. The minimum absolute atomic E-state index is 0. The first-order valence-electron chi connectivity index (χ1n) is 7.38. The van der Waals surface area contributed by atoms with Crippen molar-refractivity contribution < 1.29 is 9.47 Å². The molecule has 0 aliphatic carbocycles. The molecule has 1 aromatic rings. The SMILES string of the molecule is CN=C(NCCc1cccs1)NCC1(OC)CCOCC1.I. The molecule has 0 atom stereocenters. The van der Waals surface area contributed by atoms with E-state index in [0.717, 1.165) is 51.5 Å². The van der Waals surface area contributed by atoms with Crippen molar-refractivity contribution in [3.8, 4) is 0 Å². The summed E-state index contributed by atoms with van der Waals surface area (Å²) < 4.78 is 11.1. The predicted molar refractivity (Wildman–Crippen MR) is 103 cm³/mol. The maximum atomic E-state index is 5.71. The summed E-state index contributed by atoms with van der Waals surface area (Å²) in [6.07, 6.45) is 2.85. The molecule has 0 unspecified atom stereocenters. The Morgan fingerprint density at radius 2 is 2.18 bits per heavy atom. The molecule has 0 aromatic carbocycles. The lowest BCUT2D eigenvalue weighted by Gasteiger charge is -2.36. The van der Waals surface area contributed by atoms with E-state index in [2.05, 4.69) is 33.1 Å². The minimum atomic E-state index is -0.135. The Hall–Kier alpha value is -0.380. The summed E-state index contributed by atoms with van der Waals surface area (Å²) in [6, 6.07) is 4.24. The van der Waals surface area contributed by atoms with Gasteiger partial charge in [0.05, 0.1) is 5.60 Å². The average molecular weight is 439 g/mol. The van der Waals surface area contributed by atoms with Gasteiger partial charge in [0.2, 0.25) is 0 Å². The van der Waals surface area contributed by atoms with E-state index in [1.54, 1.807) is 25.5 Å². The van der Waals surface area contributed by atoms with Gasteiger partial charge in [-0.15, -0.1) is 35.3 Å². The number of halogens is 1. The van der Waals surface area contributed by atoms with Crippen LogP contribution in [0.25, 0.3) is 0 Å². The Kier molecular flexibility index (Phi) is 9.30. The zero-order chi connectivity index (χ0) is 15.0. The second kappa shape index (κ2) is 10.4. The first-order chi connectivity index (χ1) is 10.3. The molecule has 2 heterocycles. The highest BCUT2D eigenvalue weighted by Crippen LogP contribution is 2.23. The predicted octanol–water partition coefficient (Wildman–Crippen LogP) is 2.27. The second-order valence-corrected chi connectivity index (χ2v) is 6.21. The van der Waals surface area contributed by atoms with Crippen LogP contribution in [0, 0.1) is 0 Å². The fourth-order valence-electron chi connectivity index (χ4n) is 2.42. The first-order valence-corrected chi connectivity index (χ1v) is 8.26. The molecule has 126 valence electrons. The maximum Gasteiger partial charge on any atom is 0.191 e. The van der Waals surface area contributed by atoms with Crippen LogP contribution in [0.5, 0.6) is 0 Å². The number of hydrogen-bond acceptors (Lipinski definition) is 4. The van der Waals surface area contributed by atoms with Crippen LogP contribution < -0.4 is 10.6 Å². The zero-order valence-electron chi connectivity index (χ0n) is 13.3. The van der Waals surface area contributed by atoms with Crippen LogP contribution in [0.4, 0.5) is 0 Å². The van der Waals surface area contributed by atoms with E-state index in [1.807, 2.05) is 0 Å². The molecular weight excluding hydrogens is 413 g/mol. The van der Waals surface area contributed by atoms with Crippen molar-refractivity contribution in [3.05, 3.63) is 22.4 Å². The molecule has 0 bridgehead atoms. The van der Waals surface area contributed by atoms with Crippen LogP contribution in [0.3, 0.4) is 0 Å². The smallest absolute Gasteiger partial charge is 0.191 e. The van der Waals surface area contributed by atoms with Gasteiger partial charge in [0.15, 0.2) is 5.96 Å². The average Bonchev–Trinajstić information content (AvgIpc) is 3.05. The van der Waals surface area contributed by atoms with Gasteiger partial charge in [0.25, 0.3) is 0 Å². The molecule has 0 radical (unpaired) electrons. The number of aliphatic imine (C=N–C) groups is 1. The summed E-state index contributed by atoms with van der Waals surface area (Å²) in [7, 11) is 3.57. The van der Waals surface area contributed by atoms with Crippen molar-refractivity contribution in [3.63, 3.8) is 0 Å². The van der Waals surface area contributed by atoms with E-state index >= 15 is 0 Å². The third-order valence-corrected chi connectivity index (χ3v) is 4.82. The summed E-state index contributed by atoms with van der Waals surface area (Å²) in [6.45, 7) is 3.16. The van der Waals surface area contributed by atoms with Crippen LogP contribution in [0.1, 0.15) is 17.7 Å². The summed E-state index contributed by atoms with van der Waals surface area (Å²) in [5, 5.41) is 8.83. The number of nitrogens with zero attached hydrogens (tertiary/aromatic N) is 1. The number of rotatable bonds is 6. The quantitative estimate of drug-likeness (QED) is 0.406. The summed E-state index contributed by atoms with van der Waals surface area (Å²) >= 11 is 1.79. The molecule has 0 saturated carbocycles.